The number of hydrogen-bond donors (Lipinski definition) is 1. The van der Waals surface area contributed by atoms with Gasteiger partial charge in [0.15, 0.2) is 0 Å². The molecule has 0 saturated carbocycles. The second-order valence-corrected chi connectivity index (χ2v) is 6.23. The molecule has 0 unspecified atom stereocenters. The second-order valence-electron chi connectivity index (χ2n) is 5.85. The zero-order chi connectivity index (χ0) is 15.0. The SMILES string of the molecule is O=C1CC2(CCN(C(=O)c3cccc(F)c3Cl)CC2)CN1. The van der Waals surface area contributed by atoms with Gasteiger partial charge in [0.2, 0.25) is 5.91 Å². The Labute approximate surface area is 127 Å². The summed E-state index contributed by atoms with van der Waals surface area (Å²) in [7, 11) is 0. The van der Waals surface area contributed by atoms with E-state index in [9.17, 15) is 14.0 Å². The van der Waals surface area contributed by atoms with Gasteiger partial charge >= 0.3 is 0 Å². The second kappa shape index (κ2) is 5.30. The number of rotatable bonds is 1. The zero-order valence-electron chi connectivity index (χ0n) is 11.5. The molecular formula is C15H16ClFN2O2. The van der Waals surface area contributed by atoms with Crippen LogP contribution in [0.2, 0.25) is 5.02 Å². The largest absolute Gasteiger partial charge is 0.356 e. The summed E-state index contributed by atoms with van der Waals surface area (Å²) >= 11 is 5.87. The van der Waals surface area contributed by atoms with Crippen molar-refractivity contribution in [2.75, 3.05) is 19.6 Å². The quantitative estimate of drug-likeness (QED) is 0.864. The summed E-state index contributed by atoms with van der Waals surface area (Å²) in [4.78, 5) is 25.5. The Hall–Kier alpha value is -1.62. The third-order valence-corrected chi connectivity index (χ3v) is 4.87. The zero-order valence-corrected chi connectivity index (χ0v) is 12.3. The van der Waals surface area contributed by atoms with Gasteiger partial charge in [-0.25, -0.2) is 4.39 Å². The number of benzene rings is 1. The van der Waals surface area contributed by atoms with Crippen LogP contribution in [0.4, 0.5) is 4.39 Å². The van der Waals surface area contributed by atoms with E-state index in [0.717, 1.165) is 12.8 Å². The lowest BCUT2D eigenvalue weighted by Crippen LogP contribution is -2.44. The van der Waals surface area contributed by atoms with E-state index in [1.807, 2.05) is 0 Å². The number of piperidine rings is 1. The van der Waals surface area contributed by atoms with Crippen molar-refractivity contribution in [3.8, 4) is 0 Å². The number of carbonyl (C=O) groups excluding carboxylic acids is 2. The molecule has 2 aliphatic heterocycles. The summed E-state index contributed by atoms with van der Waals surface area (Å²) in [6.07, 6.45) is 2.10. The van der Waals surface area contributed by atoms with Crippen LogP contribution in [0.15, 0.2) is 18.2 Å². The Morgan fingerprint density at radius 3 is 2.67 bits per heavy atom. The van der Waals surface area contributed by atoms with Crippen LogP contribution in [0.1, 0.15) is 29.6 Å². The lowest BCUT2D eigenvalue weighted by Gasteiger charge is -2.38. The lowest BCUT2D eigenvalue weighted by molar-refractivity contribution is -0.119. The lowest BCUT2D eigenvalue weighted by atomic mass is 9.77. The van der Waals surface area contributed by atoms with Crippen molar-refractivity contribution in [1.82, 2.24) is 10.2 Å². The molecule has 112 valence electrons. The summed E-state index contributed by atoms with van der Waals surface area (Å²) in [5.74, 6) is -0.740. The first-order valence-electron chi connectivity index (χ1n) is 7.01. The molecule has 2 aliphatic rings. The summed E-state index contributed by atoms with van der Waals surface area (Å²) in [5.41, 5.74) is 0.188. The first kappa shape index (κ1) is 14.3. The Balaban J connectivity index is 1.71. The molecule has 1 aromatic carbocycles. The van der Waals surface area contributed by atoms with E-state index in [-0.39, 0.29) is 27.8 Å². The molecule has 6 heteroatoms. The molecule has 1 aromatic rings. The monoisotopic (exact) mass is 310 g/mol. The van der Waals surface area contributed by atoms with Crippen molar-refractivity contribution >= 4 is 23.4 Å². The van der Waals surface area contributed by atoms with Crippen LogP contribution >= 0.6 is 11.6 Å². The molecule has 0 aromatic heterocycles. The van der Waals surface area contributed by atoms with Crippen LogP contribution in [0.25, 0.3) is 0 Å². The molecule has 0 atom stereocenters. The van der Waals surface area contributed by atoms with Crippen LogP contribution in [0.3, 0.4) is 0 Å². The molecule has 3 rings (SSSR count). The average molecular weight is 311 g/mol. The first-order chi connectivity index (χ1) is 10.0. The summed E-state index contributed by atoms with van der Waals surface area (Å²) in [6, 6.07) is 4.26. The number of halogens is 2. The molecule has 21 heavy (non-hydrogen) atoms. The Kier molecular flexibility index (Phi) is 3.61. The minimum atomic E-state index is -0.582. The summed E-state index contributed by atoms with van der Waals surface area (Å²) in [6.45, 7) is 1.83. The summed E-state index contributed by atoms with van der Waals surface area (Å²) in [5, 5.41) is 2.73. The fourth-order valence-electron chi connectivity index (χ4n) is 3.13. The molecular weight excluding hydrogens is 295 g/mol. The smallest absolute Gasteiger partial charge is 0.255 e. The van der Waals surface area contributed by atoms with Crippen molar-refractivity contribution in [2.24, 2.45) is 5.41 Å². The number of nitrogens with one attached hydrogen (secondary N) is 1. The van der Waals surface area contributed by atoms with Crippen LogP contribution in [-0.2, 0) is 4.79 Å². The number of hydrogen-bond acceptors (Lipinski definition) is 2. The van der Waals surface area contributed by atoms with Gasteiger partial charge in [0.25, 0.3) is 5.91 Å². The molecule has 0 radical (unpaired) electrons. The Morgan fingerprint density at radius 1 is 1.33 bits per heavy atom. The molecule has 2 saturated heterocycles. The van der Waals surface area contributed by atoms with Crippen molar-refractivity contribution in [2.45, 2.75) is 19.3 Å². The third-order valence-electron chi connectivity index (χ3n) is 4.49. The first-order valence-corrected chi connectivity index (χ1v) is 7.39. The van der Waals surface area contributed by atoms with Crippen LogP contribution in [0, 0.1) is 11.2 Å². The van der Waals surface area contributed by atoms with E-state index in [1.54, 1.807) is 11.0 Å². The van der Waals surface area contributed by atoms with Gasteiger partial charge in [0.1, 0.15) is 5.82 Å². The van der Waals surface area contributed by atoms with Crippen molar-refractivity contribution < 1.29 is 14.0 Å². The van der Waals surface area contributed by atoms with Crippen LogP contribution < -0.4 is 5.32 Å². The van der Waals surface area contributed by atoms with Gasteiger partial charge in [-0.1, -0.05) is 17.7 Å². The number of amides is 2. The van der Waals surface area contributed by atoms with E-state index in [2.05, 4.69) is 5.32 Å². The highest BCUT2D eigenvalue weighted by molar-refractivity contribution is 6.34. The third kappa shape index (κ3) is 2.62. The van der Waals surface area contributed by atoms with Gasteiger partial charge in [-0.3, -0.25) is 9.59 Å². The predicted molar refractivity (Wildman–Crippen MR) is 76.6 cm³/mol. The van der Waals surface area contributed by atoms with Crippen LogP contribution in [-0.4, -0.2) is 36.3 Å². The minimum absolute atomic E-state index is 0.0143. The maximum atomic E-state index is 13.4. The Morgan fingerprint density at radius 2 is 2.05 bits per heavy atom. The van der Waals surface area contributed by atoms with Gasteiger partial charge in [0, 0.05) is 26.1 Å². The molecule has 2 fully saturated rings. The maximum absolute atomic E-state index is 13.4. The topological polar surface area (TPSA) is 49.4 Å². The average Bonchev–Trinajstić information content (AvgIpc) is 2.83. The van der Waals surface area contributed by atoms with Gasteiger partial charge in [-0.15, -0.1) is 0 Å². The van der Waals surface area contributed by atoms with E-state index in [1.165, 1.54) is 12.1 Å². The summed E-state index contributed by atoms with van der Waals surface area (Å²) < 4.78 is 13.4. The molecule has 0 bridgehead atoms. The van der Waals surface area contributed by atoms with Crippen molar-refractivity contribution in [3.05, 3.63) is 34.6 Å². The highest BCUT2D eigenvalue weighted by Gasteiger charge is 2.41. The molecule has 4 nitrogen and oxygen atoms in total. The number of likely N-dealkylation sites (tertiary alicyclic amines) is 1. The fraction of sp³-hybridized carbons (Fsp3) is 0.467. The normalized spacial score (nSPS) is 20.7. The number of nitrogens with zero attached hydrogens (tertiary/aromatic N) is 1. The van der Waals surface area contributed by atoms with Crippen LogP contribution in [0.5, 0.6) is 0 Å². The van der Waals surface area contributed by atoms with Crippen molar-refractivity contribution in [1.29, 1.82) is 0 Å². The fourth-order valence-corrected chi connectivity index (χ4v) is 3.34. The van der Waals surface area contributed by atoms with E-state index < -0.39 is 5.82 Å². The van der Waals surface area contributed by atoms with Crippen molar-refractivity contribution in [3.63, 3.8) is 0 Å². The van der Waals surface area contributed by atoms with E-state index in [4.69, 9.17) is 11.6 Å². The molecule has 1 N–H and O–H groups in total. The minimum Gasteiger partial charge on any atom is -0.356 e. The van der Waals surface area contributed by atoms with Gasteiger partial charge in [0.05, 0.1) is 10.6 Å². The van der Waals surface area contributed by atoms with E-state index in [0.29, 0.717) is 26.1 Å². The highest BCUT2D eigenvalue weighted by atomic mass is 35.5. The molecule has 1 spiro atoms. The molecule has 2 heterocycles. The van der Waals surface area contributed by atoms with Gasteiger partial charge in [-0.2, -0.15) is 0 Å². The molecule has 0 aliphatic carbocycles. The van der Waals surface area contributed by atoms with E-state index >= 15 is 0 Å². The Bertz CT molecular complexity index is 597. The number of carbonyl (C=O) groups is 2. The standard InChI is InChI=1S/C15H16ClFN2O2/c16-13-10(2-1-3-11(13)17)14(21)19-6-4-15(5-7-19)8-12(20)18-9-15/h1-3H,4-9H2,(H,18,20). The molecule has 2 amide bonds. The van der Waals surface area contributed by atoms with Gasteiger partial charge < -0.3 is 10.2 Å². The highest BCUT2D eigenvalue weighted by Crippen LogP contribution is 2.38. The predicted octanol–water partition coefficient (Wildman–Crippen LogP) is 2.22. The maximum Gasteiger partial charge on any atom is 0.255 e. The van der Waals surface area contributed by atoms with Gasteiger partial charge in [-0.05, 0) is 30.4 Å².